The van der Waals surface area contributed by atoms with Gasteiger partial charge in [0.15, 0.2) is 0 Å². The number of nitrogens with zero attached hydrogens (tertiary/aromatic N) is 1. The van der Waals surface area contributed by atoms with Gasteiger partial charge in [0.05, 0.1) is 11.4 Å². The molecule has 0 aliphatic carbocycles. The van der Waals surface area contributed by atoms with Crippen LogP contribution in [0.3, 0.4) is 0 Å². The van der Waals surface area contributed by atoms with Crippen LogP contribution in [-0.4, -0.2) is 19.0 Å². The first-order valence-electron chi connectivity index (χ1n) is 6.41. The number of rotatable bonds is 2. The number of primary amides is 1. The molecule has 98 valence electrons. The Hall–Kier alpha value is -1.71. The quantitative estimate of drug-likeness (QED) is 0.783. The summed E-state index contributed by atoms with van der Waals surface area (Å²) < 4.78 is 0. The van der Waals surface area contributed by atoms with E-state index in [-0.39, 0.29) is 0 Å². The van der Waals surface area contributed by atoms with Crippen molar-refractivity contribution in [3.8, 4) is 0 Å². The fraction of sp³-hybridized carbons (Fsp3) is 0.500. The van der Waals surface area contributed by atoms with E-state index in [1.165, 1.54) is 6.42 Å². The van der Waals surface area contributed by atoms with Gasteiger partial charge in [-0.2, -0.15) is 0 Å². The molecule has 0 saturated carbocycles. The minimum absolute atomic E-state index is 0.436. The average molecular weight is 247 g/mol. The van der Waals surface area contributed by atoms with Crippen molar-refractivity contribution in [2.75, 3.05) is 23.7 Å². The molecule has 0 unspecified atom stereocenters. The lowest BCUT2D eigenvalue weighted by Crippen LogP contribution is -2.39. The average Bonchev–Trinajstić information content (AvgIpc) is 2.27. The summed E-state index contributed by atoms with van der Waals surface area (Å²) >= 11 is 0. The molecule has 4 heteroatoms. The highest BCUT2D eigenvalue weighted by atomic mass is 16.1. The normalized spacial score (nSPS) is 24.0. The highest BCUT2D eigenvalue weighted by molar-refractivity contribution is 5.94. The van der Waals surface area contributed by atoms with Gasteiger partial charge in [0, 0.05) is 18.7 Å². The smallest absolute Gasteiger partial charge is 0.248 e. The van der Waals surface area contributed by atoms with Gasteiger partial charge >= 0.3 is 0 Å². The van der Waals surface area contributed by atoms with Crippen LogP contribution in [0, 0.1) is 11.8 Å². The van der Waals surface area contributed by atoms with Crippen LogP contribution in [0.5, 0.6) is 0 Å². The number of carbonyl (C=O) groups excluding carboxylic acids is 1. The Labute approximate surface area is 108 Å². The van der Waals surface area contributed by atoms with Gasteiger partial charge in [-0.25, -0.2) is 0 Å². The molecule has 18 heavy (non-hydrogen) atoms. The van der Waals surface area contributed by atoms with Gasteiger partial charge < -0.3 is 16.4 Å². The van der Waals surface area contributed by atoms with Crippen molar-refractivity contribution in [2.24, 2.45) is 17.6 Å². The maximum Gasteiger partial charge on any atom is 0.248 e. The van der Waals surface area contributed by atoms with Crippen molar-refractivity contribution in [1.29, 1.82) is 0 Å². The zero-order valence-corrected chi connectivity index (χ0v) is 11.0. The predicted molar refractivity (Wildman–Crippen MR) is 74.5 cm³/mol. The summed E-state index contributed by atoms with van der Waals surface area (Å²) in [6.07, 6.45) is 1.26. The van der Waals surface area contributed by atoms with Crippen molar-refractivity contribution in [2.45, 2.75) is 20.3 Å². The lowest BCUT2D eigenvalue weighted by atomic mass is 9.91. The molecule has 1 aliphatic rings. The summed E-state index contributed by atoms with van der Waals surface area (Å²) in [5.74, 6) is 0.904. The second-order valence-electron chi connectivity index (χ2n) is 5.49. The highest BCUT2D eigenvalue weighted by Crippen LogP contribution is 2.30. The molecular weight excluding hydrogens is 226 g/mol. The monoisotopic (exact) mass is 247 g/mol. The number of amides is 1. The lowest BCUT2D eigenvalue weighted by Gasteiger charge is -2.37. The number of piperidine rings is 1. The lowest BCUT2D eigenvalue weighted by molar-refractivity contribution is 0.100. The van der Waals surface area contributed by atoms with Crippen LogP contribution in [0.4, 0.5) is 11.4 Å². The second kappa shape index (κ2) is 4.88. The molecular formula is C14H21N3O. The summed E-state index contributed by atoms with van der Waals surface area (Å²) in [4.78, 5) is 13.4. The molecule has 4 N–H and O–H groups in total. The van der Waals surface area contributed by atoms with E-state index in [9.17, 15) is 4.79 Å². The molecule has 2 atom stereocenters. The first-order valence-corrected chi connectivity index (χ1v) is 6.41. The number of anilines is 2. The number of carbonyl (C=O) groups is 1. The van der Waals surface area contributed by atoms with E-state index in [0.717, 1.165) is 18.8 Å². The highest BCUT2D eigenvalue weighted by Gasteiger charge is 2.23. The predicted octanol–water partition coefficient (Wildman–Crippen LogP) is 1.85. The fourth-order valence-electron chi connectivity index (χ4n) is 2.86. The van der Waals surface area contributed by atoms with Crippen molar-refractivity contribution >= 4 is 17.3 Å². The van der Waals surface area contributed by atoms with Gasteiger partial charge in [-0.15, -0.1) is 0 Å². The zero-order valence-electron chi connectivity index (χ0n) is 11.0. The molecule has 2 rings (SSSR count). The molecule has 0 radical (unpaired) electrons. The summed E-state index contributed by atoms with van der Waals surface area (Å²) in [5.41, 5.74) is 13.4. The van der Waals surface area contributed by atoms with Crippen LogP contribution < -0.4 is 16.4 Å². The number of nitrogens with two attached hydrogens (primary N) is 2. The van der Waals surface area contributed by atoms with E-state index in [2.05, 4.69) is 18.7 Å². The molecule has 0 bridgehead atoms. The van der Waals surface area contributed by atoms with E-state index >= 15 is 0 Å². The van der Waals surface area contributed by atoms with Crippen molar-refractivity contribution < 1.29 is 4.79 Å². The maximum atomic E-state index is 11.1. The largest absolute Gasteiger partial charge is 0.397 e. The summed E-state index contributed by atoms with van der Waals surface area (Å²) in [5, 5.41) is 0. The van der Waals surface area contributed by atoms with Crippen LogP contribution in [0.25, 0.3) is 0 Å². The van der Waals surface area contributed by atoms with Crippen LogP contribution >= 0.6 is 0 Å². The van der Waals surface area contributed by atoms with E-state index in [1.54, 1.807) is 12.1 Å². The fourth-order valence-corrected chi connectivity index (χ4v) is 2.86. The Bertz CT molecular complexity index is 448. The minimum Gasteiger partial charge on any atom is -0.397 e. The summed E-state index contributed by atoms with van der Waals surface area (Å²) in [7, 11) is 0. The Morgan fingerprint density at radius 2 is 1.89 bits per heavy atom. The first kappa shape index (κ1) is 12.7. The van der Waals surface area contributed by atoms with Gasteiger partial charge in [-0.3, -0.25) is 4.79 Å². The van der Waals surface area contributed by atoms with Gasteiger partial charge in [0.1, 0.15) is 0 Å². The third-order valence-corrected chi connectivity index (χ3v) is 3.52. The molecule has 1 aliphatic heterocycles. The SMILES string of the molecule is C[C@@H]1C[C@H](C)CN(c2ccc(C(N)=O)cc2N)C1. The van der Waals surface area contributed by atoms with Gasteiger partial charge in [0.25, 0.3) is 0 Å². The van der Waals surface area contributed by atoms with Crippen LogP contribution in [0.2, 0.25) is 0 Å². The number of benzene rings is 1. The van der Waals surface area contributed by atoms with Crippen molar-refractivity contribution in [3.05, 3.63) is 23.8 Å². The zero-order chi connectivity index (χ0) is 13.3. The Morgan fingerprint density at radius 3 is 2.39 bits per heavy atom. The Morgan fingerprint density at radius 1 is 1.28 bits per heavy atom. The van der Waals surface area contributed by atoms with Crippen molar-refractivity contribution in [3.63, 3.8) is 0 Å². The molecule has 0 aromatic heterocycles. The molecule has 1 fully saturated rings. The van der Waals surface area contributed by atoms with E-state index in [0.29, 0.717) is 23.1 Å². The summed E-state index contributed by atoms with van der Waals surface area (Å²) in [6, 6.07) is 5.32. The third-order valence-electron chi connectivity index (χ3n) is 3.52. The van der Waals surface area contributed by atoms with Crippen LogP contribution in [0.1, 0.15) is 30.6 Å². The Balaban J connectivity index is 2.25. The van der Waals surface area contributed by atoms with Gasteiger partial charge in [-0.1, -0.05) is 13.8 Å². The molecule has 1 aromatic rings. The molecule has 1 aromatic carbocycles. The standard InChI is InChI=1S/C14H21N3O/c1-9-5-10(2)8-17(7-9)13-4-3-11(14(16)18)6-12(13)15/h3-4,6,9-10H,5,7-8,15H2,1-2H3,(H2,16,18)/t9-,10+. The van der Waals surface area contributed by atoms with Crippen molar-refractivity contribution in [1.82, 2.24) is 0 Å². The number of nitrogen functional groups attached to an aromatic ring is 1. The van der Waals surface area contributed by atoms with E-state index in [1.807, 2.05) is 6.07 Å². The van der Waals surface area contributed by atoms with Crippen LogP contribution in [0.15, 0.2) is 18.2 Å². The number of hydrogen-bond acceptors (Lipinski definition) is 3. The topological polar surface area (TPSA) is 72.3 Å². The third kappa shape index (κ3) is 2.58. The van der Waals surface area contributed by atoms with Gasteiger partial charge in [0.2, 0.25) is 5.91 Å². The maximum absolute atomic E-state index is 11.1. The molecule has 1 saturated heterocycles. The minimum atomic E-state index is -0.436. The first-order chi connectivity index (χ1) is 8.47. The van der Waals surface area contributed by atoms with E-state index in [4.69, 9.17) is 11.5 Å². The second-order valence-corrected chi connectivity index (χ2v) is 5.49. The van der Waals surface area contributed by atoms with Gasteiger partial charge in [-0.05, 0) is 36.5 Å². The molecule has 1 heterocycles. The molecule has 1 amide bonds. The van der Waals surface area contributed by atoms with Crippen LogP contribution in [-0.2, 0) is 0 Å². The Kier molecular flexibility index (Phi) is 3.45. The molecule has 4 nitrogen and oxygen atoms in total. The molecule has 0 spiro atoms. The summed E-state index contributed by atoms with van der Waals surface area (Å²) in [6.45, 7) is 6.56. The van der Waals surface area contributed by atoms with E-state index < -0.39 is 5.91 Å². The number of hydrogen-bond donors (Lipinski definition) is 2.